The molecule has 3 unspecified atom stereocenters. The first-order valence-corrected chi connectivity index (χ1v) is 9.98. The van der Waals surface area contributed by atoms with Crippen LogP contribution in [0.25, 0.3) is 0 Å². The molecule has 7 heteroatoms. The van der Waals surface area contributed by atoms with Crippen molar-refractivity contribution in [1.29, 1.82) is 0 Å². The van der Waals surface area contributed by atoms with Crippen molar-refractivity contribution in [2.45, 2.75) is 66.1 Å². The zero-order chi connectivity index (χ0) is 20.5. The van der Waals surface area contributed by atoms with Crippen LogP contribution in [0.4, 0.5) is 9.59 Å². The van der Waals surface area contributed by atoms with Crippen LogP contribution < -0.4 is 10.6 Å². The van der Waals surface area contributed by atoms with Crippen molar-refractivity contribution in [3.05, 3.63) is 0 Å². The van der Waals surface area contributed by atoms with E-state index in [4.69, 9.17) is 9.47 Å². The van der Waals surface area contributed by atoms with Gasteiger partial charge in [0.25, 0.3) is 0 Å². The maximum Gasteiger partial charge on any atom is 0.410 e. The number of alkyl carbamates (subject to hydrolysis) is 1. The molecule has 2 fully saturated rings. The number of carbonyl (C=O) groups is 2. The minimum absolute atomic E-state index is 0.0167. The number of nitrogens with one attached hydrogen (secondary N) is 2. The highest BCUT2D eigenvalue weighted by atomic mass is 16.6. The quantitative estimate of drug-likeness (QED) is 0.766. The summed E-state index contributed by atoms with van der Waals surface area (Å²) in [5.74, 6) is 0.644. The van der Waals surface area contributed by atoms with E-state index in [1.807, 2.05) is 46.4 Å². The Morgan fingerprint density at radius 3 is 2.33 bits per heavy atom. The fourth-order valence-corrected chi connectivity index (χ4v) is 4.15. The Hall–Kier alpha value is -1.50. The molecule has 0 bridgehead atoms. The van der Waals surface area contributed by atoms with Crippen LogP contribution >= 0.6 is 0 Å². The SMILES string of the molecule is CC1CNCC(CNC(=O)OC(C)(C)C)C12CCN(C(=O)OC(C)(C)C)C2. The van der Waals surface area contributed by atoms with Gasteiger partial charge < -0.3 is 25.0 Å². The van der Waals surface area contributed by atoms with Crippen LogP contribution in [0.5, 0.6) is 0 Å². The van der Waals surface area contributed by atoms with Gasteiger partial charge in [-0.2, -0.15) is 0 Å². The first-order chi connectivity index (χ1) is 12.3. The highest BCUT2D eigenvalue weighted by Crippen LogP contribution is 2.46. The Kier molecular flexibility index (Phi) is 6.34. The Morgan fingerprint density at radius 1 is 1.11 bits per heavy atom. The van der Waals surface area contributed by atoms with Gasteiger partial charge >= 0.3 is 12.2 Å². The van der Waals surface area contributed by atoms with Crippen molar-refractivity contribution in [2.75, 3.05) is 32.7 Å². The molecule has 0 aromatic heterocycles. The Balaban J connectivity index is 2.03. The molecule has 3 atom stereocenters. The number of piperidine rings is 1. The van der Waals surface area contributed by atoms with Gasteiger partial charge in [-0.1, -0.05) is 6.92 Å². The molecule has 2 saturated heterocycles. The van der Waals surface area contributed by atoms with Crippen molar-refractivity contribution < 1.29 is 19.1 Å². The highest BCUT2D eigenvalue weighted by molar-refractivity contribution is 5.69. The lowest BCUT2D eigenvalue weighted by Crippen LogP contribution is -2.56. The van der Waals surface area contributed by atoms with E-state index in [1.54, 1.807) is 0 Å². The summed E-state index contributed by atoms with van der Waals surface area (Å²) in [6.07, 6.45) is 0.289. The van der Waals surface area contributed by atoms with Crippen LogP contribution in [0.15, 0.2) is 0 Å². The molecule has 156 valence electrons. The van der Waals surface area contributed by atoms with E-state index < -0.39 is 17.3 Å². The molecule has 27 heavy (non-hydrogen) atoms. The van der Waals surface area contributed by atoms with Crippen molar-refractivity contribution in [3.63, 3.8) is 0 Å². The van der Waals surface area contributed by atoms with Crippen LogP contribution in [0, 0.1) is 17.3 Å². The molecule has 2 aliphatic rings. The Labute approximate surface area is 163 Å². The molecule has 2 rings (SSSR count). The minimum Gasteiger partial charge on any atom is -0.444 e. The standard InChI is InChI=1S/C20H37N3O4/c1-14-10-21-11-15(12-22-16(24)26-18(2,3)4)20(14)8-9-23(13-20)17(25)27-19(5,6)7/h14-15,21H,8-13H2,1-7H3,(H,22,24). The number of nitrogens with zero attached hydrogens (tertiary/aromatic N) is 1. The molecule has 0 radical (unpaired) electrons. The van der Waals surface area contributed by atoms with E-state index in [0.717, 1.165) is 19.5 Å². The van der Waals surface area contributed by atoms with E-state index in [2.05, 4.69) is 17.6 Å². The molecule has 0 aliphatic carbocycles. The highest BCUT2D eigenvalue weighted by Gasteiger charge is 2.51. The average Bonchev–Trinajstić information content (AvgIpc) is 2.92. The third-order valence-corrected chi connectivity index (χ3v) is 5.51. The summed E-state index contributed by atoms with van der Waals surface area (Å²) in [5.41, 5.74) is -1.03. The fourth-order valence-electron chi connectivity index (χ4n) is 4.15. The van der Waals surface area contributed by atoms with Gasteiger partial charge in [-0.3, -0.25) is 0 Å². The molecule has 0 aromatic rings. The van der Waals surface area contributed by atoms with E-state index in [-0.39, 0.29) is 17.4 Å². The van der Waals surface area contributed by atoms with Gasteiger partial charge in [0.15, 0.2) is 0 Å². The second-order valence-corrected chi connectivity index (χ2v) is 10.0. The molecule has 1 spiro atoms. The molecule has 7 nitrogen and oxygen atoms in total. The lowest BCUT2D eigenvalue weighted by atomic mass is 9.64. The van der Waals surface area contributed by atoms with Crippen LogP contribution in [0.2, 0.25) is 0 Å². The first kappa shape index (κ1) is 21.8. The molecule has 0 aromatic carbocycles. The minimum atomic E-state index is -0.513. The van der Waals surface area contributed by atoms with Gasteiger partial charge in [-0.15, -0.1) is 0 Å². The Bertz CT molecular complexity index is 552. The van der Waals surface area contributed by atoms with Crippen molar-refractivity contribution in [1.82, 2.24) is 15.5 Å². The van der Waals surface area contributed by atoms with Crippen molar-refractivity contribution in [3.8, 4) is 0 Å². The van der Waals surface area contributed by atoms with E-state index in [0.29, 0.717) is 25.6 Å². The number of ether oxygens (including phenoxy) is 2. The number of amides is 2. The smallest absolute Gasteiger partial charge is 0.410 e. The molecule has 2 N–H and O–H groups in total. The normalized spacial score (nSPS) is 28.9. The summed E-state index contributed by atoms with van der Waals surface area (Å²) >= 11 is 0. The van der Waals surface area contributed by atoms with Gasteiger partial charge in [0.1, 0.15) is 11.2 Å². The average molecular weight is 384 g/mol. The van der Waals surface area contributed by atoms with Gasteiger partial charge in [0, 0.05) is 26.2 Å². The second-order valence-electron chi connectivity index (χ2n) is 10.0. The summed E-state index contributed by atoms with van der Waals surface area (Å²) in [6, 6.07) is 0. The van der Waals surface area contributed by atoms with Crippen LogP contribution in [0.3, 0.4) is 0 Å². The fraction of sp³-hybridized carbons (Fsp3) is 0.900. The molecule has 2 aliphatic heterocycles. The lowest BCUT2D eigenvalue weighted by molar-refractivity contribution is 0.0145. The maximum absolute atomic E-state index is 12.5. The summed E-state index contributed by atoms with van der Waals surface area (Å²) in [5, 5.41) is 6.39. The predicted octanol–water partition coefficient (Wildman–Crippen LogP) is 2.99. The number of hydrogen-bond donors (Lipinski definition) is 2. The van der Waals surface area contributed by atoms with Crippen molar-refractivity contribution >= 4 is 12.2 Å². The van der Waals surface area contributed by atoms with Crippen LogP contribution in [-0.4, -0.2) is 61.0 Å². The maximum atomic E-state index is 12.5. The van der Waals surface area contributed by atoms with Gasteiger partial charge in [-0.05, 0) is 71.8 Å². The molecule has 0 saturated carbocycles. The van der Waals surface area contributed by atoms with Crippen molar-refractivity contribution in [2.24, 2.45) is 17.3 Å². The molecular formula is C20H37N3O4. The number of likely N-dealkylation sites (tertiary alicyclic amines) is 1. The van der Waals surface area contributed by atoms with E-state index in [1.165, 1.54) is 0 Å². The summed E-state index contributed by atoms with van der Waals surface area (Å²) < 4.78 is 10.9. The predicted molar refractivity (Wildman–Crippen MR) is 105 cm³/mol. The second kappa shape index (κ2) is 7.86. The topological polar surface area (TPSA) is 79.9 Å². The van der Waals surface area contributed by atoms with Gasteiger partial charge in [-0.25, -0.2) is 9.59 Å². The van der Waals surface area contributed by atoms with Crippen LogP contribution in [0.1, 0.15) is 54.9 Å². The lowest BCUT2D eigenvalue weighted by Gasteiger charge is -2.46. The summed E-state index contributed by atoms with van der Waals surface area (Å²) in [7, 11) is 0. The number of carbonyl (C=O) groups excluding carboxylic acids is 2. The summed E-state index contributed by atoms with van der Waals surface area (Å²) in [6.45, 7) is 17.1. The largest absolute Gasteiger partial charge is 0.444 e. The first-order valence-electron chi connectivity index (χ1n) is 9.98. The molecular weight excluding hydrogens is 346 g/mol. The monoisotopic (exact) mass is 383 g/mol. The molecule has 2 heterocycles. The summed E-state index contributed by atoms with van der Waals surface area (Å²) in [4.78, 5) is 26.4. The third-order valence-electron chi connectivity index (χ3n) is 5.51. The zero-order valence-electron chi connectivity index (χ0n) is 18.0. The molecule has 2 amide bonds. The van der Waals surface area contributed by atoms with E-state index >= 15 is 0 Å². The van der Waals surface area contributed by atoms with Crippen LogP contribution in [-0.2, 0) is 9.47 Å². The van der Waals surface area contributed by atoms with Gasteiger partial charge in [0.05, 0.1) is 0 Å². The van der Waals surface area contributed by atoms with Gasteiger partial charge in [0.2, 0.25) is 0 Å². The number of rotatable bonds is 2. The number of hydrogen-bond acceptors (Lipinski definition) is 5. The zero-order valence-corrected chi connectivity index (χ0v) is 18.0. The Morgan fingerprint density at radius 2 is 1.74 bits per heavy atom. The third kappa shape index (κ3) is 5.74. The van der Waals surface area contributed by atoms with E-state index in [9.17, 15) is 9.59 Å².